The lowest BCUT2D eigenvalue weighted by Gasteiger charge is -2.29. The van der Waals surface area contributed by atoms with Crippen molar-refractivity contribution >= 4 is 46.8 Å². The fourth-order valence-corrected chi connectivity index (χ4v) is 4.80. The molecule has 0 aromatic heterocycles. The second-order valence-electron chi connectivity index (χ2n) is 9.22. The van der Waals surface area contributed by atoms with Crippen molar-refractivity contribution in [3.05, 3.63) is 87.2 Å². The molecule has 1 heterocycles. The first-order valence-corrected chi connectivity index (χ1v) is 13.6. The summed E-state index contributed by atoms with van der Waals surface area (Å²) in [5, 5.41) is 9.64. The molecule has 10 nitrogen and oxygen atoms in total. The molecule has 0 spiro atoms. The summed E-state index contributed by atoms with van der Waals surface area (Å²) in [6.45, 7) is 2.43. The van der Waals surface area contributed by atoms with Gasteiger partial charge in [0.2, 0.25) is 0 Å². The average Bonchev–Trinajstić information content (AvgIpc) is 2.96. The molecular weight excluding hydrogens is 588 g/mol. The van der Waals surface area contributed by atoms with Gasteiger partial charge in [0.1, 0.15) is 11.6 Å². The van der Waals surface area contributed by atoms with E-state index < -0.39 is 18.0 Å². The lowest BCUT2D eigenvalue weighted by molar-refractivity contribution is -0.129. The normalized spacial score (nSPS) is 13.0. The topological polar surface area (TPSA) is 124 Å². The van der Waals surface area contributed by atoms with E-state index in [1.54, 1.807) is 48.2 Å². The Hall–Kier alpha value is -4.37. The van der Waals surface area contributed by atoms with E-state index in [9.17, 15) is 24.0 Å². The molecule has 3 aromatic rings. The van der Waals surface area contributed by atoms with Crippen LogP contribution in [0.4, 0.5) is 14.9 Å². The zero-order valence-electron chi connectivity index (χ0n) is 22.6. The molecule has 218 valence electrons. The summed E-state index contributed by atoms with van der Waals surface area (Å²) in [5.41, 5.74) is 7.56. The van der Waals surface area contributed by atoms with Crippen molar-refractivity contribution in [1.82, 2.24) is 15.2 Å². The van der Waals surface area contributed by atoms with Crippen LogP contribution in [0.1, 0.15) is 28.4 Å². The lowest BCUT2D eigenvalue weighted by Crippen LogP contribution is -2.48. The molecule has 1 atom stereocenters. The Kier molecular flexibility index (Phi) is 9.85. The number of amides is 3. The largest absolute Gasteiger partial charge is 0.454 e. The maximum Gasteiger partial charge on any atom is 0.416 e. The number of hydrogen-bond donors (Lipinski definition) is 2. The molecule has 2 N–H and O–H groups in total. The van der Waals surface area contributed by atoms with E-state index in [0.29, 0.717) is 47.0 Å². The predicted octanol–water partition coefficient (Wildman–Crippen LogP) is 5.55. The number of ether oxygens (including phenoxy) is 2. The number of benzene rings is 3. The number of imide groups is 1. The van der Waals surface area contributed by atoms with E-state index in [1.807, 2.05) is 0 Å². The Morgan fingerprint density at radius 3 is 2.57 bits per heavy atom. The third-order valence-electron chi connectivity index (χ3n) is 6.34. The second-order valence-corrected chi connectivity index (χ2v) is 10.0. The number of carbonyl (C=O) groups excluding carboxylic acids is 3. The predicted molar refractivity (Wildman–Crippen MR) is 154 cm³/mol. The molecule has 1 aliphatic heterocycles. The van der Waals surface area contributed by atoms with Crippen LogP contribution < -0.4 is 15.6 Å². The molecule has 0 saturated carbocycles. The van der Waals surface area contributed by atoms with E-state index >= 15 is 0 Å². The molecule has 0 bridgehead atoms. The smallest absolute Gasteiger partial charge is 0.416 e. The molecule has 0 radical (unpaired) electrons. The molecule has 3 amide bonds. The number of rotatable bonds is 9. The quantitative estimate of drug-likeness (QED) is 0.301. The number of nitrogens with zero attached hydrogens (tertiary/aromatic N) is 3. The third-order valence-corrected chi connectivity index (χ3v) is 6.90. The van der Waals surface area contributed by atoms with Crippen LogP contribution in [-0.2, 0) is 22.5 Å². The molecule has 3 aromatic carbocycles. The fraction of sp³-hybridized carbons (Fsp3) is 0.241. The summed E-state index contributed by atoms with van der Waals surface area (Å²) in [6, 6.07) is 14.5. The number of fused-ring (bicyclic) bond motifs is 1. The van der Waals surface area contributed by atoms with Crippen molar-refractivity contribution in [1.29, 1.82) is 5.26 Å². The van der Waals surface area contributed by atoms with Gasteiger partial charge in [-0.3, -0.25) is 9.59 Å². The highest BCUT2D eigenvalue weighted by Gasteiger charge is 2.27. The SMILES string of the molecule is CCOC(=O)N(C)C(=O)C(C#N)NNc1cc(Cl)c(Oc2ccc3c(c2)CCN(Cc2cccc(F)c2)C3=O)c(Cl)c1. The Labute approximate surface area is 251 Å². The van der Waals surface area contributed by atoms with Crippen molar-refractivity contribution in [3.63, 3.8) is 0 Å². The Morgan fingerprint density at radius 2 is 1.90 bits per heavy atom. The first kappa shape index (κ1) is 30.6. The minimum atomic E-state index is -1.42. The molecule has 0 saturated heterocycles. The molecule has 1 aliphatic rings. The lowest BCUT2D eigenvalue weighted by atomic mass is 9.98. The minimum Gasteiger partial charge on any atom is -0.454 e. The van der Waals surface area contributed by atoms with E-state index in [2.05, 4.69) is 10.9 Å². The van der Waals surface area contributed by atoms with Crippen LogP contribution in [0.25, 0.3) is 0 Å². The van der Waals surface area contributed by atoms with Crippen LogP contribution in [-0.4, -0.2) is 53.9 Å². The molecule has 1 unspecified atom stereocenters. The number of nitrogens with one attached hydrogen (secondary N) is 2. The van der Waals surface area contributed by atoms with Crippen molar-refractivity contribution in [2.24, 2.45) is 0 Å². The van der Waals surface area contributed by atoms with Gasteiger partial charge in [-0.15, -0.1) is 0 Å². The number of hydrogen-bond acceptors (Lipinski definition) is 8. The summed E-state index contributed by atoms with van der Waals surface area (Å²) in [4.78, 5) is 39.6. The number of anilines is 1. The second kappa shape index (κ2) is 13.5. The minimum absolute atomic E-state index is 0.0744. The zero-order valence-corrected chi connectivity index (χ0v) is 24.1. The number of nitriles is 1. The third kappa shape index (κ3) is 7.09. The molecule has 0 aliphatic carbocycles. The van der Waals surface area contributed by atoms with Crippen LogP contribution in [0, 0.1) is 17.1 Å². The monoisotopic (exact) mass is 613 g/mol. The summed E-state index contributed by atoms with van der Waals surface area (Å²) < 4.78 is 24.3. The van der Waals surface area contributed by atoms with Crippen molar-refractivity contribution < 1.29 is 28.2 Å². The van der Waals surface area contributed by atoms with Gasteiger partial charge in [0.25, 0.3) is 11.8 Å². The van der Waals surface area contributed by atoms with Crippen LogP contribution in [0.3, 0.4) is 0 Å². The van der Waals surface area contributed by atoms with Crippen LogP contribution in [0.5, 0.6) is 11.5 Å². The Bertz CT molecular complexity index is 1540. The molecule has 42 heavy (non-hydrogen) atoms. The van der Waals surface area contributed by atoms with Gasteiger partial charge in [-0.25, -0.2) is 19.5 Å². The summed E-state index contributed by atoms with van der Waals surface area (Å²) >= 11 is 12.9. The van der Waals surface area contributed by atoms with Gasteiger partial charge in [-0.05, 0) is 66.9 Å². The van der Waals surface area contributed by atoms with Crippen molar-refractivity contribution in [3.8, 4) is 17.6 Å². The van der Waals surface area contributed by atoms with Gasteiger partial charge in [0, 0.05) is 25.7 Å². The summed E-state index contributed by atoms with van der Waals surface area (Å²) in [7, 11) is 1.20. The van der Waals surface area contributed by atoms with Gasteiger partial charge in [0.05, 0.1) is 28.4 Å². The van der Waals surface area contributed by atoms with Crippen LogP contribution in [0.15, 0.2) is 54.6 Å². The van der Waals surface area contributed by atoms with E-state index in [-0.39, 0.29) is 34.1 Å². The Morgan fingerprint density at radius 1 is 1.17 bits per heavy atom. The van der Waals surface area contributed by atoms with Crippen LogP contribution >= 0.6 is 23.2 Å². The molecular formula is C29H26Cl2FN5O5. The first-order valence-electron chi connectivity index (χ1n) is 12.8. The number of carbonyl (C=O) groups is 3. The van der Waals surface area contributed by atoms with E-state index in [4.69, 9.17) is 32.7 Å². The summed E-state index contributed by atoms with van der Waals surface area (Å²) in [6.07, 6.45) is -0.307. The highest BCUT2D eigenvalue weighted by Crippen LogP contribution is 2.39. The maximum atomic E-state index is 13.6. The maximum absolute atomic E-state index is 13.6. The van der Waals surface area contributed by atoms with Gasteiger partial charge in [-0.2, -0.15) is 5.26 Å². The number of halogens is 3. The molecule has 13 heteroatoms. The van der Waals surface area contributed by atoms with Gasteiger partial charge in [-0.1, -0.05) is 35.3 Å². The molecule has 0 fully saturated rings. The molecule has 4 rings (SSSR count). The van der Waals surface area contributed by atoms with Crippen LogP contribution in [0.2, 0.25) is 10.0 Å². The standard InChI is InChI=1S/C29H26Cl2FN5O5/c1-3-41-29(40)36(2)28(39)25(15-33)35-34-20-13-23(30)26(24(31)14-20)42-21-7-8-22-18(12-21)9-10-37(27(22)38)16-17-5-4-6-19(32)11-17/h4-8,11-14,25,34-35H,3,9-10,16H2,1-2H3. The van der Waals surface area contributed by atoms with Crippen molar-refractivity contribution in [2.45, 2.75) is 25.9 Å². The van der Waals surface area contributed by atoms with Gasteiger partial charge < -0.3 is 19.8 Å². The van der Waals surface area contributed by atoms with Gasteiger partial charge in [0.15, 0.2) is 11.8 Å². The average molecular weight is 614 g/mol. The number of likely N-dealkylation sites (N-methyl/N-ethyl adjacent to an activating group) is 1. The van der Waals surface area contributed by atoms with E-state index in [0.717, 1.165) is 5.56 Å². The van der Waals surface area contributed by atoms with E-state index in [1.165, 1.54) is 31.3 Å². The Balaban J connectivity index is 1.41. The first-order chi connectivity index (χ1) is 20.1. The number of hydrazine groups is 1. The van der Waals surface area contributed by atoms with Gasteiger partial charge >= 0.3 is 6.09 Å². The highest BCUT2D eigenvalue weighted by atomic mass is 35.5. The highest BCUT2D eigenvalue weighted by molar-refractivity contribution is 6.37. The van der Waals surface area contributed by atoms with Crippen molar-refractivity contribution in [2.75, 3.05) is 25.6 Å². The fourth-order valence-electron chi connectivity index (χ4n) is 4.24. The zero-order chi connectivity index (χ0) is 30.4. The summed E-state index contributed by atoms with van der Waals surface area (Å²) in [5.74, 6) is -0.761.